The number of hydrogen-bond donors (Lipinski definition) is 0. The Kier molecular flexibility index (Phi) is 3.23. The van der Waals surface area contributed by atoms with Gasteiger partial charge in [-0.05, 0) is 12.1 Å². The zero-order valence-corrected chi connectivity index (χ0v) is 12.3. The lowest BCUT2D eigenvalue weighted by molar-refractivity contribution is -0.148. The second-order valence-corrected chi connectivity index (χ2v) is 5.17. The molecule has 0 radical (unpaired) electrons. The second kappa shape index (κ2) is 5.16. The Morgan fingerprint density at radius 2 is 1.69 bits per heavy atom. The van der Waals surface area contributed by atoms with Gasteiger partial charge in [-0.25, -0.2) is 9.97 Å². The second-order valence-electron chi connectivity index (χ2n) is 5.17. The Labute approximate surface area is 139 Å². The van der Waals surface area contributed by atoms with Gasteiger partial charge in [0.1, 0.15) is 5.65 Å². The van der Waals surface area contributed by atoms with Crippen LogP contribution in [-0.4, -0.2) is 24.6 Å². The lowest BCUT2D eigenvalue weighted by Gasteiger charge is -2.17. The molecule has 0 aliphatic heterocycles. The predicted molar refractivity (Wildman–Crippen MR) is 73.8 cm³/mol. The van der Waals surface area contributed by atoms with Crippen LogP contribution in [0.15, 0.2) is 35.3 Å². The van der Waals surface area contributed by atoms with Crippen LogP contribution in [0.1, 0.15) is 11.4 Å². The Morgan fingerprint density at radius 1 is 0.962 bits per heavy atom. The molecular weight excluding hydrogens is 368 g/mol. The number of hydrogen-bond acceptors (Lipinski definition) is 5. The molecule has 4 heterocycles. The van der Waals surface area contributed by atoms with E-state index >= 15 is 0 Å². The molecule has 26 heavy (non-hydrogen) atoms. The highest BCUT2D eigenvalue weighted by atomic mass is 19.4. The van der Waals surface area contributed by atoms with Gasteiger partial charge < -0.3 is 4.42 Å². The van der Waals surface area contributed by atoms with Gasteiger partial charge in [0.2, 0.25) is 6.39 Å². The van der Waals surface area contributed by atoms with Gasteiger partial charge in [-0.1, -0.05) is 0 Å². The van der Waals surface area contributed by atoms with Crippen LogP contribution >= 0.6 is 0 Å². The van der Waals surface area contributed by atoms with Crippen molar-refractivity contribution in [3.63, 3.8) is 0 Å². The molecular formula is C14H5F6N5O. The number of aromatic nitrogens is 5. The summed E-state index contributed by atoms with van der Waals surface area (Å²) in [5.74, 6) is -0.607. The van der Waals surface area contributed by atoms with Crippen molar-refractivity contribution in [3.8, 4) is 11.5 Å². The molecule has 0 fully saturated rings. The SMILES string of the molecule is FC(F)(F)c1nc(C(F)(F)F)c2ccc3nccn3c2c1-c1nnco1. The highest BCUT2D eigenvalue weighted by Gasteiger charge is 2.44. The predicted octanol–water partition coefficient (Wildman–Crippen LogP) is 3.97. The molecule has 4 aromatic rings. The Morgan fingerprint density at radius 3 is 2.31 bits per heavy atom. The molecule has 0 aliphatic carbocycles. The van der Waals surface area contributed by atoms with Crippen LogP contribution in [0.3, 0.4) is 0 Å². The zero-order valence-electron chi connectivity index (χ0n) is 12.3. The summed E-state index contributed by atoms with van der Waals surface area (Å²) in [5.41, 5.74) is -4.48. The number of nitrogens with zero attached hydrogens (tertiary/aromatic N) is 5. The fraction of sp³-hybridized carbons (Fsp3) is 0.143. The van der Waals surface area contributed by atoms with Gasteiger partial charge in [0.25, 0.3) is 5.89 Å². The largest absolute Gasteiger partial charge is 0.434 e. The van der Waals surface area contributed by atoms with Gasteiger partial charge in [0, 0.05) is 17.8 Å². The van der Waals surface area contributed by atoms with E-state index in [0.717, 1.165) is 16.9 Å². The zero-order chi connectivity index (χ0) is 18.7. The molecule has 0 unspecified atom stereocenters. The summed E-state index contributed by atoms with van der Waals surface area (Å²) < 4.78 is 86.6. The summed E-state index contributed by atoms with van der Waals surface area (Å²) in [7, 11) is 0. The van der Waals surface area contributed by atoms with E-state index in [0.29, 0.717) is 0 Å². The minimum Gasteiger partial charge on any atom is -0.423 e. The standard InChI is InChI=1S/C14H5F6N5O/c15-13(16,17)10-6-1-2-7-21-3-4-25(7)9(6)8(12-24-22-5-26-12)11(23-10)14(18,19)20/h1-5H. The van der Waals surface area contributed by atoms with Crippen molar-refractivity contribution in [3.05, 3.63) is 42.3 Å². The molecule has 0 saturated heterocycles. The van der Waals surface area contributed by atoms with Crippen molar-refractivity contribution in [1.29, 1.82) is 0 Å². The maximum atomic E-state index is 13.5. The number of rotatable bonds is 1. The van der Waals surface area contributed by atoms with Crippen LogP contribution in [0.25, 0.3) is 28.0 Å². The first-order chi connectivity index (χ1) is 12.2. The summed E-state index contributed by atoms with van der Waals surface area (Å²) in [6.07, 6.45) is -7.06. The molecule has 0 aromatic carbocycles. The minimum absolute atomic E-state index is 0.144. The van der Waals surface area contributed by atoms with Crippen molar-refractivity contribution in [2.24, 2.45) is 0 Å². The monoisotopic (exact) mass is 373 g/mol. The molecule has 0 spiro atoms. The maximum absolute atomic E-state index is 13.5. The first kappa shape index (κ1) is 16.3. The van der Waals surface area contributed by atoms with E-state index in [4.69, 9.17) is 4.42 Å². The summed E-state index contributed by atoms with van der Waals surface area (Å²) in [5, 5.41) is 6.18. The summed E-state index contributed by atoms with van der Waals surface area (Å²) >= 11 is 0. The van der Waals surface area contributed by atoms with Gasteiger partial charge in [-0.3, -0.25) is 4.40 Å². The first-order valence-corrected chi connectivity index (χ1v) is 6.88. The van der Waals surface area contributed by atoms with E-state index in [2.05, 4.69) is 20.2 Å². The quantitative estimate of drug-likeness (QED) is 0.472. The highest BCUT2D eigenvalue weighted by molar-refractivity contribution is 5.96. The lowest BCUT2D eigenvalue weighted by Crippen LogP contribution is -2.18. The minimum atomic E-state index is -5.19. The highest BCUT2D eigenvalue weighted by Crippen LogP contribution is 2.43. The van der Waals surface area contributed by atoms with E-state index in [1.54, 1.807) is 0 Å². The van der Waals surface area contributed by atoms with Crippen LogP contribution in [-0.2, 0) is 12.4 Å². The van der Waals surface area contributed by atoms with Crippen LogP contribution in [0.5, 0.6) is 0 Å². The molecule has 6 nitrogen and oxygen atoms in total. The van der Waals surface area contributed by atoms with Crippen molar-refractivity contribution in [1.82, 2.24) is 24.6 Å². The van der Waals surface area contributed by atoms with E-state index < -0.39 is 46.1 Å². The number of pyridine rings is 2. The third-order valence-corrected chi connectivity index (χ3v) is 3.63. The van der Waals surface area contributed by atoms with Gasteiger partial charge in [0.05, 0.1) is 11.1 Å². The van der Waals surface area contributed by atoms with Gasteiger partial charge in [0.15, 0.2) is 11.4 Å². The third-order valence-electron chi connectivity index (χ3n) is 3.63. The van der Waals surface area contributed by atoms with Gasteiger partial charge >= 0.3 is 12.4 Å². The number of fused-ring (bicyclic) bond motifs is 3. The van der Waals surface area contributed by atoms with Crippen LogP contribution in [0.2, 0.25) is 0 Å². The molecule has 4 aromatic heterocycles. The summed E-state index contributed by atoms with van der Waals surface area (Å²) in [6, 6.07) is 2.25. The van der Waals surface area contributed by atoms with E-state index in [1.165, 1.54) is 18.5 Å². The van der Waals surface area contributed by atoms with Crippen LogP contribution in [0.4, 0.5) is 26.3 Å². The molecule has 12 heteroatoms. The summed E-state index contributed by atoms with van der Waals surface area (Å²) in [4.78, 5) is 6.77. The van der Waals surface area contributed by atoms with Crippen molar-refractivity contribution >= 4 is 16.6 Å². The van der Waals surface area contributed by atoms with E-state index in [-0.39, 0.29) is 5.65 Å². The number of alkyl halides is 6. The fourth-order valence-electron chi connectivity index (χ4n) is 2.69. The fourth-order valence-corrected chi connectivity index (χ4v) is 2.69. The van der Waals surface area contributed by atoms with E-state index in [9.17, 15) is 26.3 Å². The Hall–Kier alpha value is -3.18. The summed E-state index contributed by atoms with van der Waals surface area (Å²) in [6.45, 7) is 0. The first-order valence-electron chi connectivity index (χ1n) is 6.88. The Balaban J connectivity index is 2.31. The van der Waals surface area contributed by atoms with Crippen molar-refractivity contribution in [2.75, 3.05) is 0 Å². The van der Waals surface area contributed by atoms with Crippen LogP contribution in [0, 0.1) is 0 Å². The van der Waals surface area contributed by atoms with Gasteiger partial charge in [-0.2, -0.15) is 26.3 Å². The van der Waals surface area contributed by atoms with E-state index in [1.807, 2.05) is 0 Å². The molecule has 0 saturated carbocycles. The van der Waals surface area contributed by atoms with Crippen LogP contribution < -0.4 is 0 Å². The molecule has 0 bridgehead atoms. The smallest absolute Gasteiger partial charge is 0.423 e. The molecule has 0 amide bonds. The Bertz CT molecular complexity index is 1110. The van der Waals surface area contributed by atoms with Crippen molar-refractivity contribution < 1.29 is 30.8 Å². The molecule has 0 N–H and O–H groups in total. The number of halogens is 6. The number of imidazole rings is 1. The molecule has 134 valence electrons. The molecule has 0 aliphatic rings. The average Bonchev–Trinajstić information content (AvgIpc) is 3.22. The topological polar surface area (TPSA) is 69.1 Å². The average molecular weight is 373 g/mol. The maximum Gasteiger partial charge on any atom is 0.434 e. The van der Waals surface area contributed by atoms with Gasteiger partial charge in [-0.15, -0.1) is 10.2 Å². The van der Waals surface area contributed by atoms with Crippen molar-refractivity contribution in [2.45, 2.75) is 12.4 Å². The molecule has 4 rings (SSSR count). The third kappa shape index (κ3) is 2.36. The normalized spacial score (nSPS) is 13.0. The molecule has 0 atom stereocenters. The lowest BCUT2D eigenvalue weighted by atomic mass is 10.0.